The van der Waals surface area contributed by atoms with Crippen LogP contribution in [-0.2, 0) is 20.9 Å². The molecular weight excluding hydrogens is 336 g/mol. The maximum absolute atomic E-state index is 12.0. The number of likely N-dealkylation sites (tertiary alicyclic amines) is 1. The molecule has 1 N–H and O–H groups in total. The fourth-order valence-corrected chi connectivity index (χ4v) is 2.82. The van der Waals surface area contributed by atoms with Gasteiger partial charge in [-0.3, -0.25) is 9.59 Å². The van der Waals surface area contributed by atoms with Crippen molar-refractivity contribution in [3.63, 3.8) is 0 Å². The predicted octanol–water partition coefficient (Wildman–Crippen LogP) is 1.56. The summed E-state index contributed by atoms with van der Waals surface area (Å²) in [5.41, 5.74) is 1.05. The van der Waals surface area contributed by atoms with Gasteiger partial charge in [0.2, 0.25) is 11.8 Å². The first-order chi connectivity index (χ1) is 10.1. The second-order valence-corrected chi connectivity index (χ2v) is 6.00. The molecule has 0 unspecified atom stereocenters. The molecular formula is C15H19BrN2O3. The lowest BCUT2D eigenvalue weighted by atomic mass is 10.1. The Morgan fingerprint density at radius 3 is 3.05 bits per heavy atom. The highest BCUT2D eigenvalue weighted by Gasteiger charge is 2.33. The lowest BCUT2D eigenvalue weighted by Crippen LogP contribution is -2.34. The van der Waals surface area contributed by atoms with E-state index >= 15 is 0 Å². The van der Waals surface area contributed by atoms with Gasteiger partial charge in [0.25, 0.3) is 0 Å². The van der Waals surface area contributed by atoms with Crippen molar-refractivity contribution in [2.24, 2.45) is 5.92 Å². The minimum atomic E-state index is -0.262. The third-order valence-corrected chi connectivity index (χ3v) is 3.95. The van der Waals surface area contributed by atoms with Crippen molar-refractivity contribution in [3.8, 4) is 0 Å². The molecule has 0 spiro atoms. The Labute approximate surface area is 132 Å². The van der Waals surface area contributed by atoms with E-state index in [1.165, 1.54) is 0 Å². The number of nitrogens with one attached hydrogen (secondary N) is 1. The summed E-state index contributed by atoms with van der Waals surface area (Å²) in [5.74, 6) is -0.305. The summed E-state index contributed by atoms with van der Waals surface area (Å²) in [5, 5.41) is 2.79. The van der Waals surface area contributed by atoms with Crippen molar-refractivity contribution >= 4 is 27.7 Å². The Hall–Kier alpha value is -1.40. The topological polar surface area (TPSA) is 58.6 Å². The molecule has 0 saturated carbocycles. The highest BCUT2D eigenvalue weighted by molar-refractivity contribution is 9.10. The van der Waals surface area contributed by atoms with Crippen LogP contribution in [0.25, 0.3) is 0 Å². The van der Waals surface area contributed by atoms with Crippen molar-refractivity contribution in [1.82, 2.24) is 10.2 Å². The van der Waals surface area contributed by atoms with Gasteiger partial charge < -0.3 is 15.0 Å². The zero-order chi connectivity index (χ0) is 15.2. The van der Waals surface area contributed by atoms with E-state index in [0.29, 0.717) is 26.2 Å². The lowest BCUT2D eigenvalue weighted by molar-refractivity contribution is -0.129. The number of methoxy groups -OCH3 is 1. The quantitative estimate of drug-likeness (QED) is 0.788. The number of ether oxygens (including phenoxy) is 1. The van der Waals surface area contributed by atoms with Crippen molar-refractivity contribution in [3.05, 3.63) is 34.3 Å². The molecule has 0 radical (unpaired) electrons. The van der Waals surface area contributed by atoms with Crippen molar-refractivity contribution in [2.75, 3.05) is 26.8 Å². The average Bonchev–Trinajstić information content (AvgIpc) is 2.80. The Balaban J connectivity index is 1.89. The molecule has 1 saturated heterocycles. The summed E-state index contributed by atoms with van der Waals surface area (Å²) < 4.78 is 5.88. The molecule has 5 nitrogen and oxygen atoms in total. The molecule has 2 rings (SSSR count). The van der Waals surface area contributed by atoms with Gasteiger partial charge in [-0.1, -0.05) is 28.1 Å². The monoisotopic (exact) mass is 354 g/mol. The van der Waals surface area contributed by atoms with Crippen LogP contribution < -0.4 is 5.32 Å². The van der Waals surface area contributed by atoms with Crippen molar-refractivity contribution in [1.29, 1.82) is 0 Å². The minimum Gasteiger partial charge on any atom is -0.383 e. The summed E-state index contributed by atoms with van der Waals surface area (Å²) in [4.78, 5) is 25.7. The van der Waals surface area contributed by atoms with Crippen LogP contribution in [0.5, 0.6) is 0 Å². The summed E-state index contributed by atoms with van der Waals surface area (Å²) in [7, 11) is 1.59. The third kappa shape index (κ3) is 4.54. The van der Waals surface area contributed by atoms with Crippen LogP contribution in [0.3, 0.4) is 0 Å². The van der Waals surface area contributed by atoms with Crippen LogP contribution in [0, 0.1) is 5.92 Å². The Morgan fingerprint density at radius 2 is 2.33 bits per heavy atom. The fourth-order valence-electron chi connectivity index (χ4n) is 2.38. The molecule has 6 heteroatoms. The molecule has 1 aromatic rings. The zero-order valence-corrected chi connectivity index (χ0v) is 13.6. The SMILES string of the molecule is COCCNC(=O)[C@H]1CC(=O)N(Cc2cccc(Br)c2)C1. The smallest absolute Gasteiger partial charge is 0.225 e. The molecule has 0 aromatic heterocycles. The molecule has 1 fully saturated rings. The highest BCUT2D eigenvalue weighted by atomic mass is 79.9. The molecule has 114 valence electrons. The maximum atomic E-state index is 12.0. The Kier molecular flexibility index (Phi) is 5.76. The van der Waals surface area contributed by atoms with Gasteiger partial charge in [0.15, 0.2) is 0 Å². The molecule has 21 heavy (non-hydrogen) atoms. The number of halogens is 1. The largest absolute Gasteiger partial charge is 0.383 e. The van der Waals surface area contributed by atoms with Crippen LogP contribution in [0.15, 0.2) is 28.7 Å². The van der Waals surface area contributed by atoms with Gasteiger partial charge in [-0.15, -0.1) is 0 Å². The van der Waals surface area contributed by atoms with E-state index in [-0.39, 0.29) is 24.2 Å². The first-order valence-corrected chi connectivity index (χ1v) is 7.68. The van der Waals surface area contributed by atoms with E-state index < -0.39 is 0 Å². The summed E-state index contributed by atoms with van der Waals surface area (Å²) in [6, 6.07) is 7.85. The van der Waals surface area contributed by atoms with Crippen molar-refractivity contribution < 1.29 is 14.3 Å². The first kappa shape index (κ1) is 16.0. The normalized spacial score (nSPS) is 18.1. The van der Waals surface area contributed by atoms with Crippen LogP contribution in [0.4, 0.5) is 0 Å². The van der Waals surface area contributed by atoms with E-state index in [0.717, 1.165) is 10.0 Å². The summed E-state index contributed by atoms with van der Waals surface area (Å²) >= 11 is 3.42. The number of benzene rings is 1. The van der Waals surface area contributed by atoms with Gasteiger partial charge in [-0.05, 0) is 17.7 Å². The third-order valence-electron chi connectivity index (χ3n) is 3.45. The summed E-state index contributed by atoms with van der Waals surface area (Å²) in [6.45, 7) is 1.98. The van der Waals surface area contributed by atoms with E-state index in [4.69, 9.17) is 4.74 Å². The minimum absolute atomic E-state index is 0.0295. The second-order valence-electron chi connectivity index (χ2n) is 5.09. The number of amides is 2. The number of nitrogens with zero attached hydrogens (tertiary/aromatic N) is 1. The zero-order valence-electron chi connectivity index (χ0n) is 12.0. The number of rotatable bonds is 6. The highest BCUT2D eigenvalue weighted by Crippen LogP contribution is 2.21. The van der Waals surface area contributed by atoms with Gasteiger partial charge >= 0.3 is 0 Å². The Morgan fingerprint density at radius 1 is 1.52 bits per heavy atom. The van der Waals surface area contributed by atoms with Crippen LogP contribution >= 0.6 is 15.9 Å². The van der Waals surface area contributed by atoms with Crippen LogP contribution in [-0.4, -0.2) is 43.5 Å². The summed E-state index contributed by atoms with van der Waals surface area (Å²) in [6.07, 6.45) is 0.285. The van der Waals surface area contributed by atoms with E-state index in [9.17, 15) is 9.59 Å². The molecule has 1 heterocycles. The maximum Gasteiger partial charge on any atom is 0.225 e. The molecule has 1 aliphatic rings. The molecule has 2 amide bonds. The standard InChI is InChI=1S/C15H19BrN2O3/c1-21-6-5-17-15(20)12-8-14(19)18(10-12)9-11-3-2-4-13(16)7-11/h2-4,7,12H,5-6,8-10H2,1H3,(H,17,20)/t12-/m0/s1. The van der Waals surface area contributed by atoms with Gasteiger partial charge in [0, 0.05) is 37.6 Å². The number of carbonyl (C=O) groups is 2. The molecule has 0 bridgehead atoms. The van der Waals surface area contributed by atoms with Crippen molar-refractivity contribution in [2.45, 2.75) is 13.0 Å². The van der Waals surface area contributed by atoms with Gasteiger partial charge in [-0.25, -0.2) is 0 Å². The van der Waals surface area contributed by atoms with E-state index in [1.54, 1.807) is 12.0 Å². The van der Waals surface area contributed by atoms with Crippen LogP contribution in [0.2, 0.25) is 0 Å². The lowest BCUT2D eigenvalue weighted by Gasteiger charge is -2.17. The molecule has 0 aliphatic carbocycles. The number of hydrogen-bond acceptors (Lipinski definition) is 3. The predicted molar refractivity (Wildman–Crippen MR) is 82.6 cm³/mol. The molecule has 1 atom stereocenters. The van der Waals surface area contributed by atoms with E-state index in [1.807, 2.05) is 24.3 Å². The average molecular weight is 355 g/mol. The Bertz CT molecular complexity index is 521. The van der Waals surface area contributed by atoms with Gasteiger partial charge in [0.05, 0.1) is 12.5 Å². The number of hydrogen-bond donors (Lipinski definition) is 1. The van der Waals surface area contributed by atoms with Gasteiger partial charge in [0.1, 0.15) is 0 Å². The van der Waals surface area contributed by atoms with Gasteiger partial charge in [-0.2, -0.15) is 0 Å². The molecule has 1 aromatic carbocycles. The number of carbonyl (C=O) groups excluding carboxylic acids is 2. The van der Waals surface area contributed by atoms with E-state index in [2.05, 4.69) is 21.2 Å². The fraction of sp³-hybridized carbons (Fsp3) is 0.467. The molecule has 1 aliphatic heterocycles. The second kappa shape index (κ2) is 7.56. The first-order valence-electron chi connectivity index (χ1n) is 6.89. The van der Waals surface area contributed by atoms with Crippen LogP contribution in [0.1, 0.15) is 12.0 Å².